The normalized spacial score (nSPS) is 14.9. The van der Waals surface area contributed by atoms with Gasteiger partial charge in [-0.1, -0.05) is 55.5 Å². The Labute approximate surface area is 184 Å². The van der Waals surface area contributed by atoms with E-state index in [0.717, 1.165) is 27.6 Å². The molecule has 2 amide bonds. The van der Waals surface area contributed by atoms with E-state index in [1.165, 1.54) is 12.1 Å². The Hall–Kier alpha value is -4.00. The number of anilines is 2. The average Bonchev–Trinajstić information content (AvgIpc) is 3.30. The molecule has 0 spiro atoms. The van der Waals surface area contributed by atoms with Crippen LogP contribution in [-0.2, 0) is 16.0 Å². The van der Waals surface area contributed by atoms with Crippen LogP contribution in [0.5, 0.6) is 0 Å². The van der Waals surface area contributed by atoms with Crippen molar-refractivity contribution in [1.29, 1.82) is 0 Å². The molecule has 160 valence electrons. The highest BCUT2D eigenvalue weighted by molar-refractivity contribution is 6.06. The molecule has 0 bridgehead atoms. The van der Waals surface area contributed by atoms with Gasteiger partial charge in [-0.05, 0) is 35.6 Å². The number of amides is 2. The Balaban J connectivity index is 1.43. The molecule has 1 aromatic heterocycles. The Morgan fingerprint density at radius 2 is 1.84 bits per heavy atom. The van der Waals surface area contributed by atoms with Crippen molar-refractivity contribution in [2.24, 2.45) is 0 Å². The summed E-state index contributed by atoms with van der Waals surface area (Å²) >= 11 is 0. The summed E-state index contributed by atoms with van der Waals surface area (Å²) in [7, 11) is 0. The van der Waals surface area contributed by atoms with Crippen LogP contribution in [0.2, 0.25) is 0 Å². The largest absolute Gasteiger partial charge is 0.325 e. The minimum Gasteiger partial charge on any atom is -0.325 e. The molecule has 0 fully saturated rings. The molecule has 3 aromatic carbocycles. The Bertz CT molecular complexity index is 1340. The van der Waals surface area contributed by atoms with E-state index >= 15 is 0 Å². The fourth-order valence-electron chi connectivity index (χ4n) is 4.20. The molecular formula is C25H21FN4O2. The number of fused-ring (bicyclic) bond motifs is 2. The maximum absolute atomic E-state index is 13.4. The number of benzene rings is 3. The van der Waals surface area contributed by atoms with E-state index in [0.29, 0.717) is 17.9 Å². The van der Waals surface area contributed by atoms with Crippen LogP contribution >= 0.6 is 0 Å². The second kappa shape index (κ2) is 7.92. The zero-order valence-electron chi connectivity index (χ0n) is 17.4. The van der Waals surface area contributed by atoms with E-state index in [1.54, 1.807) is 16.8 Å². The molecule has 0 radical (unpaired) electrons. The number of nitrogens with one attached hydrogen (secondary N) is 2. The van der Waals surface area contributed by atoms with Crippen LogP contribution in [0.15, 0.2) is 66.7 Å². The van der Waals surface area contributed by atoms with Gasteiger partial charge in [0, 0.05) is 16.6 Å². The average molecular weight is 428 g/mol. The van der Waals surface area contributed by atoms with Gasteiger partial charge in [-0.3, -0.25) is 9.59 Å². The van der Waals surface area contributed by atoms with Gasteiger partial charge in [0.05, 0.1) is 12.1 Å². The number of aromatic nitrogens is 2. The number of aryl methyl sites for hydroxylation is 1. The van der Waals surface area contributed by atoms with E-state index in [2.05, 4.69) is 15.7 Å². The van der Waals surface area contributed by atoms with Gasteiger partial charge >= 0.3 is 0 Å². The van der Waals surface area contributed by atoms with Gasteiger partial charge in [-0.25, -0.2) is 9.07 Å². The van der Waals surface area contributed by atoms with Crippen molar-refractivity contribution in [2.75, 3.05) is 10.6 Å². The van der Waals surface area contributed by atoms with Crippen molar-refractivity contribution in [3.63, 3.8) is 0 Å². The van der Waals surface area contributed by atoms with Crippen LogP contribution in [-0.4, -0.2) is 21.6 Å². The summed E-state index contributed by atoms with van der Waals surface area (Å²) in [6.07, 6.45) is 0.591. The first kappa shape index (κ1) is 19.9. The maximum atomic E-state index is 13.4. The zero-order chi connectivity index (χ0) is 22.2. The second-order valence-electron chi connectivity index (χ2n) is 7.76. The van der Waals surface area contributed by atoms with Crippen LogP contribution in [0.4, 0.5) is 15.9 Å². The minimum absolute atomic E-state index is 0.0459. The third-order valence-corrected chi connectivity index (χ3v) is 5.73. The van der Waals surface area contributed by atoms with Gasteiger partial charge in [-0.15, -0.1) is 0 Å². The number of carbonyl (C=O) groups excluding carboxylic acids is 2. The summed E-state index contributed by atoms with van der Waals surface area (Å²) < 4.78 is 15.0. The lowest BCUT2D eigenvalue weighted by Gasteiger charge is -2.12. The molecule has 4 aromatic rings. The first-order valence-corrected chi connectivity index (χ1v) is 10.5. The first-order chi connectivity index (χ1) is 15.5. The lowest BCUT2D eigenvalue weighted by Crippen LogP contribution is -2.24. The van der Waals surface area contributed by atoms with Crippen LogP contribution in [0.3, 0.4) is 0 Å². The third kappa shape index (κ3) is 3.41. The quantitative estimate of drug-likeness (QED) is 0.473. The molecule has 5 rings (SSSR count). The van der Waals surface area contributed by atoms with Crippen LogP contribution < -0.4 is 10.6 Å². The van der Waals surface area contributed by atoms with E-state index in [9.17, 15) is 14.0 Å². The molecule has 32 heavy (non-hydrogen) atoms. The molecule has 2 heterocycles. The van der Waals surface area contributed by atoms with E-state index in [1.807, 2.05) is 49.4 Å². The van der Waals surface area contributed by atoms with E-state index in [4.69, 9.17) is 0 Å². The predicted octanol–water partition coefficient (Wildman–Crippen LogP) is 4.93. The van der Waals surface area contributed by atoms with Crippen molar-refractivity contribution in [3.05, 3.63) is 78.2 Å². The standard InChI is InChI=1S/C25H21FN4O2/c1-2-19-23(16-10-12-17(26)13-11-16)24-28-25(32)21(30(24)29-19)14-22(31)27-20-9-5-7-15-6-3-4-8-18(15)20/h3-13,21H,2,14H2,1H3,(H,27,31)(H,28,32). The lowest BCUT2D eigenvalue weighted by atomic mass is 10.0. The number of hydrogen-bond acceptors (Lipinski definition) is 3. The van der Waals surface area contributed by atoms with E-state index < -0.39 is 6.04 Å². The van der Waals surface area contributed by atoms with Gasteiger partial charge < -0.3 is 10.6 Å². The van der Waals surface area contributed by atoms with E-state index in [-0.39, 0.29) is 24.1 Å². The summed E-state index contributed by atoms with van der Waals surface area (Å²) in [5, 5.41) is 12.4. The third-order valence-electron chi connectivity index (χ3n) is 5.73. The maximum Gasteiger partial charge on any atom is 0.251 e. The smallest absolute Gasteiger partial charge is 0.251 e. The molecule has 1 unspecified atom stereocenters. The number of halogens is 1. The highest BCUT2D eigenvalue weighted by Crippen LogP contribution is 2.39. The minimum atomic E-state index is -0.750. The van der Waals surface area contributed by atoms with Crippen molar-refractivity contribution >= 4 is 34.1 Å². The fourth-order valence-corrected chi connectivity index (χ4v) is 4.20. The van der Waals surface area contributed by atoms with Crippen molar-refractivity contribution in [3.8, 4) is 11.1 Å². The van der Waals surface area contributed by atoms with Crippen molar-refractivity contribution < 1.29 is 14.0 Å². The number of nitrogens with zero attached hydrogens (tertiary/aromatic N) is 2. The molecule has 2 N–H and O–H groups in total. The van der Waals surface area contributed by atoms with Crippen molar-refractivity contribution in [2.45, 2.75) is 25.8 Å². The van der Waals surface area contributed by atoms with Crippen molar-refractivity contribution in [1.82, 2.24) is 9.78 Å². The molecule has 0 saturated carbocycles. The van der Waals surface area contributed by atoms with Crippen LogP contribution in [0.1, 0.15) is 25.1 Å². The summed E-state index contributed by atoms with van der Waals surface area (Å²) in [4.78, 5) is 25.6. The molecule has 6 nitrogen and oxygen atoms in total. The Morgan fingerprint density at radius 1 is 1.09 bits per heavy atom. The first-order valence-electron chi connectivity index (χ1n) is 10.5. The summed E-state index contributed by atoms with van der Waals surface area (Å²) in [5.41, 5.74) is 3.02. The number of carbonyl (C=O) groups is 2. The summed E-state index contributed by atoms with van der Waals surface area (Å²) in [5.74, 6) is -0.345. The van der Waals surface area contributed by atoms with Gasteiger partial charge in [0.25, 0.3) is 5.91 Å². The van der Waals surface area contributed by atoms with Gasteiger partial charge in [0.1, 0.15) is 17.7 Å². The number of hydrogen-bond donors (Lipinski definition) is 2. The second-order valence-corrected chi connectivity index (χ2v) is 7.76. The monoisotopic (exact) mass is 428 g/mol. The summed E-state index contributed by atoms with van der Waals surface area (Å²) in [6, 6.07) is 18.8. The molecule has 0 saturated heterocycles. The molecule has 7 heteroatoms. The Morgan fingerprint density at radius 3 is 2.62 bits per heavy atom. The molecular weight excluding hydrogens is 407 g/mol. The van der Waals surface area contributed by atoms with Gasteiger partial charge in [0.15, 0.2) is 0 Å². The molecule has 0 aliphatic carbocycles. The SMILES string of the molecule is CCc1nn2c(c1-c1ccc(F)cc1)NC(=O)C2CC(=O)Nc1cccc2ccccc12. The highest BCUT2D eigenvalue weighted by Gasteiger charge is 2.36. The molecule has 1 aliphatic rings. The predicted molar refractivity (Wildman–Crippen MR) is 122 cm³/mol. The zero-order valence-corrected chi connectivity index (χ0v) is 17.4. The molecule has 1 atom stereocenters. The lowest BCUT2D eigenvalue weighted by molar-refractivity contribution is -0.123. The topological polar surface area (TPSA) is 76.0 Å². The number of rotatable bonds is 5. The van der Waals surface area contributed by atoms with Gasteiger partial charge in [-0.2, -0.15) is 5.10 Å². The highest BCUT2D eigenvalue weighted by atomic mass is 19.1. The summed E-state index contributed by atoms with van der Waals surface area (Å²) in [6.45, 7) is 1.97. The Kier molecular flexibility index (Phi) is 4.93. The van der Waals surface area contributed by atoms with Crippen LogP contribution in [0, 0.1) is 5.82 Å². The molecule has 1 aliphatic heterocycles. The van der Waals surface area contributed by atoms with Crippen LogP contribution in [0.25, 0.3) is 21.9 Å². The van der Waals surface area contributed by atoms with Gasteiger partial charge in [0.2, 0.25) is 5.91 Å². The fraction of sp³-hybridized carbons (Fsp3) is 0.160.